The zero-order valence-corrected chi connectivity index (χ0v) is 11.4. The van der Waals surface area contributed by atoms with Crippen LogP contribution in [0.1, 0.15) is 21.5 Å². The molecule has 0 radical (unpaired) electrons. The highest BCUT2D eigenvalue weighted by Crippen LogP contribution is 2.19. The highest BCUT2D eigenvalue weighted by atomic mass is 19.1. The lowest BCUT2D eigenvalue weighted by Gasteiger charge is -2.11. The summed E-state index contributed by atoms with van der Waals surface area (Å²) in [5, 5.41) is 5.48. The molecule has 0 aliphatic rings. The number of anilines is 1. The van der Waals surface area contributed by atoms with Crippen LogP contribution in [-0.2, 0) is 6.54 Å². The number of amides is 1. The second kappa shape index (κ2) is 6.14. The molecule has 2 rings (SSSR count). The summed E-state index contributed by atoms with van der Waals surface area (Å²) < 4.78 is 13.6. The van der Waals surface area contributed by atoms with E-state index in [2.05, 4.69) is 15.6 Å². The number of pyridine rings is 1. The maximum atomic E-state index is 13.6. The van der Waals surface area contributed by atoms with Gasteiger partial charge in [-0.1, -0.05) is 6.07 Å². The molecule has 0 bridgehead atoms. The lowest BCUT2D eigenvalue weighted by atomic mass is 10.1. The highest BCUT2D eigenvalue weighted by Gasteiger charge is 2.13. The van der Waals surface area contributed by atoms with E-state index in [1.807, 2.05) is 13.0 Å². The number of nitrogens with one attached hydrogen (secondary N) is 2. The zero-order valence-electron chi connectivity index (χ0n) is 11.4. The van der Waals surface area contributed by atoms with Crippen LogP contribution >= 0.6 is 0 Å². The molecule has 1 heterocycles. The van der Waals surface area contributed by atoms with E-state index < -0.39 is 5.82 Å². The Morgan fingerprint density at radius 3 is 2.85 bits per heavy atom. The van der Waals surface area contributed by atoms with Gasteiger partial charge in [0.15, 0.2) is 0 Å². The lowest BCUT2D eigenvalue weighted by Crippen LogP contribution is -2.24. The predicted molar refractivity (Wildman–Crippen MR) is 76.1 cm³/mol. The Labute approximate surface area is 117 Å². The van der Waals surface area contributed by atoms with Crippen LogP contribution in [0.3, 0.4) is 0 Å². The van der Waals surface area contributed by atoms with E-state index in [1.165, 1.54) is 12.1 Å². The van der Waals surface area contributed by atoms with Crippen LogP contribution in [0, 0.1) is 12.7 Å². The minimum atomic E-state index is -0.447. The SMILES string of the molecule is CNc1c(F)cccc1C(=O)NCc1cnccc1C. The van der Waals surface area contributed by atoms with E-state index in [4.69, 9.17) is 0 Å². The Balaban J connectivity index is 2.14. The topological polar surface area (TPSA) is 54.0 Å². The number of hydrogen-bond acceptors (Lipinski definition) is 3. The molecule has 0 spiro atoms. The van der Waals surface area contributed by atoms with Gasteiger partial charge in [-0.2, -0.15) is 0 Å². The number of benzene rings is 1. The van der Waals surface area contributed by atoms with Gasteiger partial charge in [0, 0.05) is 26.0 Å². The molecule has 1 amide bonds. The minimum absolute atomic E-state index is 0.202. The van der Waals surface area contributed by atoms with E-state index in [-0.39, 0.29) is 17.2 Å². The summed E-state index contributed by atoms with van der Waals surface area (Å²) in [6.45, 7) is 2.31. The molecule has 0 fully saturated rings. The van der Waals surface area contributed by atoms with E-state index in [0.29, 0.717) is 6.54 Å². The molecule has 20 heavy (non-hydrogen) atoms. The Hall–Kier alpha value is -2.43. The van der Waals surface area contributed by atoms with Gasteiger partial charge in [-0.05, 0) is 36.2 Å². The number of carbonyl (C=O) groups excluding carboxylic acids is 1. The molecule has 2 aromatic rings. The summed E-state index contributed by atoms with van der Waals surface area (Å²) in [7, 11) is 1.58. The van der Waals surface area contributed by atoms with Crippen molar-refractivity contribution < 1.29 is 9.18 Å². The third-order valence-electron chi connectivity index (χ3n) is 3.10. The van der Waals surface area contributed by atoms with Crippen LogP contribution in [-0.4, -0.2) is 17.9 Å². The summed E-state index contributed by atoms with van der Waals surface area (Å²) in [6, 6.07) is 6.29. The quantitative estimate of drug-likeness (QED) is 0.900. The van der Waals surface area contributed by atoms with E-state index in [9.17, 15) is 9.18 Å². The molecular weight excluding hydrogens is 257 g/mol. The minimum Gasteiger partial charge on any atom is -0.385 e. The molecule has 4 nitrogen and oxygen atoms in total. The molecule has 0 unspecified atom stereocenters. The van der Waals surface area contributed by atoms with Gasteiger partial charge in [-0.15, -0.1) is 0 Å². The average Bonchev–Trinajstić information content (AvgIpc) is 2.46. The van der Waals surface area contributed by atoms with Crippen molar-refractivity contribution in [2.75, 3.05) is 12.4 Å². The lowest BCUT2D eigenvalue weighted by molar-refractivity contribution is 0.0951. The van der Waals surface area contributed by atoms with Crippen LogP contribution in [0.4, 0.5) is 10.1 Å². The first-order chi connectivity index (χ1) is 9.63. The van der Waals surface area contributed by atoms with E-state index in [0.717, 1.165) is 11.1 Å². The number of halogens is 1. The maximum absolute atomic E-state index is 13.6. The fourth-order valence-electron chi connectivity index (χ4n) is 1.92. The van der Waals surface area contributed by atoms with Gasteiger partial charge in [0.05, 0.1) is 11.3 Å². The fraction of sp³-hybridized carbons (Fsp3) is 0.200. The largest absolute Gasteiger partial charge is 0.385 e. The third-order valence-corrected chi connectivity index (χ3v) is 3.10. The number of aryl methyl sites for hydroxylation is 1. The number of para-hydroxylation sites is 1. The molecule has 0 atom stereocenters. The molecule has 1 aromatic heterocycles. The standard InChI is InChI=1S/C15H16FN3O/c1-10-6-7-18-8-11(10)9-19-15(20)12-4-3-5-13(16)14(12)17-2/h3-8,17H,9H2,1-2H3,(H,19,20). The Morgan fingerprint density at radius 1 is 1.35 bits per heavy atom. The van der Waals surface area contributed by atoms with Gasteiger partial charge in [-0.25, -0.2) is 4.39 Å². The summed E-state index contributed by atoms with van der Waals surface area (Å²) >= 11 is 0. The van der Waals surface area contributed by atoms with Crippen molar-refractivity contribution in [3.8, 4) is 0 Å². The Bertz CT molecular complexity index is 628. The molecule has 0 saturated heterocycles. The van der Waals surface area contributed by atoms with E-state index >= 15 is 0 Å². The van der Waals surface area contributed by atoms with Crippen LogP contribution < -0.4 is 10.6 Å². The molecule has 104 valence electrons. The predicted octanol–water partition coefficient (Wildman–Crippen LogP) is 2.50. The van der Waals surface area contributed by atoms with Crippen LogP contribution in [0.25, 0.3) is 0 Å². The molecule has 5 heteroatoms. The summed E-state index contributed by atoms with van der Waals surface area (Å²) in [6.07, 6.45) is 3.41. The second-order valence-electron chi connectivity index (χ2n) is 4.40. The second-order valence-corrected chi connectivity index (χ2v) is 4.40. The maximum Gasteiger partial charge on any atom is 0.253 e. The molecule has 1 aromatic carbocycles. The van der Waals surface area contributed by atoms with Gasteiger partial charge < -0.3 is 10.6 Å². The average molecular weight is 273 g/mol. The smallest absolute Gasteiger partial charge is 0.253 e. The van der Waals surface area contributed by atoms with Crippen molar-refractivity contribution in [3.05, 3.63) is 59.2 Å². The normalized spacial score (nSPS) is 10.2. The zero-order chi connectivity index (χ0) is 14.5. The monoisotopic (exact) mass is 273 g/mol. The van der Waals surface area contributed by atoms with Crippen molar-refractivity contribution in [1.29, 1.82) is 0 Å². The van der Waals surface area contributed by atoms with Crippen LogP contribution in [0.15, 0.2) is 36.7 Å². The summed E-state index contributed by atoms with van der Waals surface area (Å²) in [5.74, 6) is -0.769. The van der Waals surface area contributed by atoms with Gasteiger partial charge in [0.2, 0.25) is 0 Å². The first kappa shape index (κ1) is 14.0. The number of carbonyl (C=O) groups is 1. The Kier molecular flexibility index (Phi) is 4.30. The van der Waals surface area contributed by atoms with Crippen molar-refractivity contribution in [2.24, 2.45) is 0 Å². The molecule has 0 aliphatic carbocycles. The van der Waals surface area contributed by atoms with Crippen molar-refractivity contribution in [2.45, 2.75) is 13.5 Å². The highest BCUT2D eigenvalue weighted by molar-refractivity contribution is 5.99. The summed E-state index contributed by atoms with van der Waals surface area (Å²) in [4.78, 5) is 16.1. The van der Waals surface area contributed by atoms with Gasteiger partial charge in [-0.3, -0.25) is 9.78 Å². The first-order valence-electron chi connectivity index (χ1n) is 6.27. The molecular formula is C15H16FN3O. The Morgan fingerprint density at radius 2 is 2.15 bits per heavy atom. The molecule has 0 saturated carbocycles. The van der Waals surface area contributed by atoms with Crippen LogP contribution in [0.2, 0.25) is 0 Å². The molecule has 2 N–H and O–H groups in total. The first-order valence-corrected chi connectivity index (χ1v) is 6.27. The third kappa shape index (κ3) is 2.93. The number of hydrogen-bond donors (Lipinski definition) is 2. The van der Waals surface area contributed by atoms with Crippen molar-refractivity contribution >= 4 is 11.6 Å². The van der Waals surface area contributed by atoms with Gasteiger partial charge in [0.1, 0.15) is 5.82 Å². The van der Waals surface area contributed by atoms with E-state index in [1.54, 1.807) is 25.5 Å². The van der Waals surface area contributed by atoms with Crippen molar-refractivity contribution in [3.63, 3.8) is 0 Å². The van der Waals surface area contributed by atoms with Gasteiger partial charge in [0.25, 0.3) is 5.91 Å². The van der Waals surface area contributed by atoms with Gasteiger partial charge >= 0.3 is 0 Å². The number of rotatable bonds is 4. The van der Waals surface area contributed by atoms with Crippen LogP contribution in [0.5, 0.6) is 0 Å². The number of aromatic nitrogens is 1. The molecule has 0 aliphatic heterocycles. The number of nitrogens with zero attached hydrogens (tertiary/aromatic N) is 1. The summed E-state index contributed by atoms with van der Waals surface area (Å²) in [5.41, 5.74) is 2.47. The van der Waals surface area contributed by atoms with Crippen molar-refractivity contribution in [1.82, 2.24) is 10.3 Å². The fourth-order valence-corrected chi connectivity index (χ4v) is 1.92.